The van der Waals surface area contributed by atoms with Crippen LogP contribution in [0.25, 0.3) is 0 Å². The molecule has 1 aliphatic heterocycles. The van der Waals surface area contributed by atoms with E-state index in [0.29, 0.717) is 24.4 Å². The van der Waals surface area contributed by atoms with E-state index in [1.165, 1.54) is 12.8 Å². The highest BCUT2D eigenvalue weighted by molar-refractivity contribution is 5.32. The maximum atomic E-state index is 5.56. The molecule has 4 rings (SSSR count). The second kappa shape index (κ2) is 4.80. The second-order valence-electron chi connectivity index (χ2n) is 5.72. The lowest BCUT2D eigenvalue weighted by Crippen LogP contribution is -2.25. The zero-order valence-electron chi connectivity index (χ0n) is 12.1. The van der Waals surface area contributed by atoms with Crippen molar-refractivity contribution in [2.24, 2.45) is 0 Å². The van der Waals surface area contributed by atoms with Crippen LogP contribution in [-0.2, 0) is 4.74 Å². The molecular weight excluding hydrogens is 272 g/mol. The molecule has 2 aliphatic rings. The third kappa shape index (κ3) is 2.29. The topological polar surface area (TPSA) is 93.0 Å². The highest BCUT2D eigenvalue weighted by atomic mass is 16.5. The lowest BCUT2D eigenvalue weighted by atomic mass is 10.2. The summed E-state index contributed by atoms with van der Waals surface area (Å²) in [5, 5.41) is 15.4. The Morgan fingerprint density at radius 1 is 1.33 bits per heavy atom. The Morgan fingerprint density at radius 2 is 2.19 bits per heavy atom. The van der Waals surface area contributed by atoms with Gasteiger partial charge in [-0.2, -0.15) is 5.10 Å². The van der Waals surface area contributed by atoms with Gasteiger partial charge in [0.05, 0.1) is 12.1 Å². The summed E-state index contributed by atoms with van der Waals surface area (Å²) in [6.07, 6.45) is 3.33. The van der Waals surface area contributed by atoms with E-state index in [4.69, 9.17) is 9.15 Å². The van der Waals surface area contributed by atoms with Gasteiger partial charge >= 0.3 is 6.01 Å². The third-order valence-corrected chi connectivity index (χ3v) is 4.14. The first-order valence-electron chi connectivity index (χ1n) is 7.26. The van der Waals surface area contributed by atoms with Gasteiger partial charge in [-0.15, -0.1) is 5.10 Å². The average molecular weight is 290 g/mol. The number of anilines is 1. The Bertz CT molecular complexity index is 634. The summed E-state index contributed by atoms with van der Waals surface area (Å²) in [6.45, 7) is 2.50. The second-order valence-corrected chi connectivity index (χ2v) is 5.72. The number of methoxy groups -OCH3 is 1. The number of nitrogens with one attached hydrogen (secondary N) is 1. The predicted molar refractivity (Wildman–Crippen MR) is 72.9 cm³/mol. The minimum atomic E-state index is 0.0369. The first-order chi connectivity index (χ1) is 10.2. The minimum Gasteiger partial charge on any atom is -0.408 e. The zero-order chi connectivity index (χ0) is 14.4. The summed E-state index contributed by atoms with van der Waals surface area (Å²) in [6, 6.07) is 0.552. The van der Waals surface area contributed by atoms with E-state index in [0.717, 1.165) is 18.1 Å². The Labute approximate surface area is 121 Å². The number of rotatable bonds is 4. The Morgan fingerprint density at radius 3 is 2.86 bits per heavy atom. The largest absolute Gasteiger partial charge is 0.408 e. The highest BCUT2D eigenvalue weighted by Crippen LogP contribution is 2.40. The molecule has 1 saturated heterocycles. The highest BCUT2D eigenvalue weighted by Gasteiger charge is 2.39. The van der Waals surface area contributed by atoms with Crippen LogP contribution in [0.1, 0.15) is 48.8 Å². The number of ether oxygens (including phenoxy) is 1. The lowest BCUT2D eigenvalue weighted by molar-refractivity contribution is 0.118. The van der Waals surface area contributed by atoms with Gasteiger partial charge < -0.3 is 14.1 Å². The molecule has 3 heterocycles. The molecule has 2 aromatic rings. The fourth-order valence-corrected chi connectivity index (χ4v) is 2.80. The number of nitrogens with zero attached hydrogens (tertiary/aromatic N) is 5. The van der Waals surface area contributed by atoms with Crippen molar-refractivity contribution in [2.75, 3.05) is 18.6 Å². The maximum Gasteiger partial charge on any atom is 0.318 e. The Kier molecular flexibility index (Phi) is 2.91. The molecule has 2 aromatic heterocycles. The van der Waals surface area contributed by atoms with Gasteiger partial charge in [0.25, 0.3) is 0 Å². The lowest BCUT2D eigenvalue weighted by Gasteiger charge is -2.19. The van der Waals surface area contributed by atoms with Crippen LogP contribution in [0.2, 0.25) is 0 Å². The summed E-state index contributed by atoms with van der Waals surface area (Å²) in [5.41, 5.74) is 0. The fourth-order valence-electron chi connectivity index (χ4n) is 2.80. The van der Waals surface area contributed by atoms with Crippen LogP contribution in [0.3, 0.4) is 0 Å². The van der Waals surface area contributed by atoms with Gasteiger partial charge in [0.1, 0.15) is 5.82 Å². The first-order valence-corrected chi connectivity index (χ1v) is 7.26. The molecule has 0 aromatic carbocycles. The van der Waals surface area contributed by atoms with Crippen molar-refractivity contribution >= 4 is 6.01 Å². The van der Waals surface area contributed by atoms with Crippen molar-refractivity contribution < 1.29 is 9.15 Å². The summed E-state index contributed by atoms with van der Waals surface area (Å²) in [7, 11) is 1.72. The molecule has 0 radical (unpaired) electrons. The molecule has 112 valence electrons. The zero-order valence-corrected chi connectivity index (χ0v) is 12.1. The van der Waals surface area contributed by atoms with Crippen molar-refractivity contribution in [3.05, 3.63) is 17.5 Å². The van der Waals surface area contributed by atoms with Gasteiger partial charge in [-0.1, -0.05) is 5.10 Å². The predicted octanol–water partition coefficient (Wildman–Crippen LogP) is 1.34. The standard InChI is InChI=1S/C13H18N6O2/c1-7-15-18-13(21-7)19-6-9(20-2)5-10(19)12-14-11(16-17-12)8-3-4-8/h8-10H,3-6H2,1-2H3,(H,14,16,17)/t9-,10+/m1/s1. The van der Waals surface area contributed by atoms with Gasteiger partial charge in [-0.3, -0.25) is 5.10 Å². The van der Waals surface area contributed by atoms with Gasteiger partial charge in [-0.05, 0) is 12.8 Å². The Balaban J connectivity index is 1.63. The van der Waals surface area contributed by atoms with Gasteiger partial charge in [0, 0.05) is 32.9 Å². The van der Waals surface area contributed by atoms with Crippen molar-refractivity contribution in [1.82, 2.24) is 25.4 Å². The van der Waals surface area contributed by atoms with E-state index in [-0.39, 0.29) is 12.1 Å². The van der Waals surface area contributed by atoms with Crippen molar-refractivity contribution in [2.45, 2.75) is 44.2 Å². The molecule has 0 unspecified atom stereocenters. The van der Waals surface area contributed by atoms with Crippen LogP contribution in [-0.4, -0.2) is 45.1 Å². The van der Waals surface area contributed by atoms with Crippen LogP contribution >= 0.6 is 0 Å². The van der Waals surface area contributed by atoms with E-state index in [1.807, 2.05) is 4.90 Å². The van der Waals surface area contributed by atoms with Crippen LogP contribution in [0.5, 0.6) is 0 Å². The van der Waals surface area contributed by atoms with Gasteiger partial charge in [0.15, 0.2) is 5.82 Å². The molecule has 2 fully saturated rings. The molecule has 1 aliphatic carbocycles. The van der Waals surface area contributed by atoms with Crippen molar-refractivity contribution in [3.8, 4) is 0 Å². The quantitative estimate of drug-likeness (QED) is 0.908. The van der Waals surface area contributed by atoms with Crippen LogP contribution in [0.15, 0.2) is 4.42 Å². The summed E-state index contributed by atoms with van der Waals surface area (Å²) in [4.78, 5) is 6.70. The monoisotopic (exact) mass is 290 g/mol. The maximum absolute atomic E-state index is 5.56. The number of hydrogen-bond donors (Lipinski definition) is 1. The van der Waals surface area contributed by atoms with E-state index in [2.05, 4.69) is 25.4 Å². The molecule has 0 bridgehead atoms. The number of H-pyrrole nitrogens is 1. The van der Waals surface area contributed by atoms with Crippen molar-refractivity contribution in [3.63, 3.8) is 0 Å². The first kappa shape index (κ1) is 12.8. The smallest absolute Gasteiger partial charge is 0.318 e. The Hall–Kier alpha value is -1.96. The summed E-state index contributed by atoms with van der Waals surface area (Å²) >= 11 is 0. The number of aromatic amines is 1. The SMILES string of the molecule is CO[C@@H]1C[C@@H](c2nc(C3CC3)n[nH]2)N(c2nnc(C)o2)C1. The molecular formula is C13H18N6O2. The van der Waals surface area contributed by atoms with Crippen LogP contribution in [0, 0.1) is 6.92 Å². The van der Waals surface area contributed by atoms with Crippen LogP contribution < -0.4 is 4.90 Å². The van der Waals surface area contributed by atoms with E-state index in [1.54, 1.807) is 14.0 Å². The fraction of sp³-hybridized carbons (Fsp3) is 0.692. The van der Waals surface area contributed by atoms with E-state index in [9.17, 15) is 0 Å². The molecule has 1 N–H and O–H groups in total. The van der Waals surface area contributed by atoms with Crippen LogP contribution in [0.4, 0.5) is 6.01 Å². The summed E-state index contributed by atoms with van der Waals surface area (Å²) < 4.78 is 11.1. The molecule has 2 atom stereocenters. The van der Waals surface area contributed by atoms with Gasteiger partial charge in [0.2, 0.25) is 5.89 Å². The number of aromatic nitrogens is 5. The average Bonchev–Trinajstić information content (AvgIpc) is 2.93. The van der Waals surface area contributed by atoms with E-state index >= 15 is 0 Å². The minimum absolute atomic E-state index is 0.0369. The molecule has 0 spiro atoms. The van der Waals surface area contributed by atoms with Crippen molar-refractivity contribution in [1.29, 1.82) is 0 Å². The molecule has 8 nitrogen and oxygen atoms in total. The molecule has 1 saturated carbocycles. The normalized spacial score (nSPS) is 25.7. The molecule has 0 amide bonds. The number of aryl methyl sites for hydroxylation is 1. The summed E-state index contributed by atoms with van der Waals surface area (Å²) in [5.74, 6) is 2.87. The number of hydrogen-bond acceptors (Lipinski definition) is 7. The third-order valence-electron chi connectivity index (χ3n) is 4.14. The molecule has 8 heteroatoms. The molecule has 21 heavy (non-hydrogen) atoms. The van der Waals surface area contributed by atoms with E-state index < -0.39 is 0 Å². The van der Waals surface area contributed by atoms with Gasteiger partial charge in [-0.25, -0.2) is 4.98 Å².